The second kappa shape index (κ2) is 5.70. The van der Waals surface area contributed by atoms with Gasteiger partial charge in [0, 0.05) is 16.5 Å². The minimum Gasteiger partial charge on any atom is -0.469 e. The van der Waals surface area contributed by atoms with E-state index in [4.69, 9.17) is 16.3 Å². The van der Waals surface area contributed by atoms with Gasteiger partial charge < -0.3 is 10.1 Å². The Morgan fingerprint density at radius 1 is 0.846 bits per heavy atom. The molecule has 1 aromatic rings. The number of halogens is 1. The van der Waals surface area contributed by atoms with Gasteiger partial charge in [-0.2, -0.15) is 0 Å². The number of imide groups is 3. The van der Waals surface area contributed by atoms with E-state index in [1.807, 2.05) is 10.6 Å². The predicted octanol–water partition coefficient (Wildman–Crippen LogP) is -0.420. The van der Waals surface area contributed by atoms with Crippen molar-refractivity contribution in [1.29, 1.82) is 0 Å². The molecule has 134 valence electrons. The van der Waals surface area contributed by atoms with Gasteiger partial charge in [-0.25, -0.2) is 9.59 Å². The normalized spacial score (nSPS) is 28.0. The molecule has 3 atom stereocenters. The molecule has 4 N–H and O–H groups in total. The molecule has 0 saturated carbocycles. The fourth-order valence-electron chi connectivity index (χ4n) is 3.50. The molecule has 0 radical (unpaired) electrons. The SMILES string of the molecule is O=C1NC(=O)C(C2c3cc(Cl)ccc3OC3NC(=O)NC(=O)C32)C(=O)N1. The molecule has 3 unspecified atom stereocenters. The third-order valence-electron chi connectivity index (χ3n) is 4.51. The number of ether oxygens (including phenoxy) is 1. The van der Waals surface area contributed by atoms with Crippen molar-refractivity contribution < 1.29 is 28.7 Å². The lowest BCUT2D eigenvalue weighted by Crippen LogP contribution is -2.66. The van der Waals surface area contributed by atoms with Crippen molar-refractivity contribution in [1.82, 2.24) is 21.3 Å². The molecule has 2 saturated heterocycles. The van der Waals surface area contributed by atoms with Crippen LogP contribution in [0.5, 0.6) is 5.75 Å². The van der Waals surface area contributed by atoms with Crippen LogP contribution in [0.25, 0.3) is 0 Å². The van der Waals surface area contributed by atoms with Crippen LogP contribution in [-0.4, -0.2) is 36.0 Å². The van der Waals surface area contributed by atoms with Crippen molar-refractivity contribution in [3.8, 4) is 5.75 Å². The zero-order valence-corrected chi connectivity index (χ0v) is 13.6. The summed E-state index contributed by atoms with van der Waals surface area (Å²) in [6.45, 7) is 0. The smallest absolute Gasteiger partial charge is 0.328 e. The van der Waals surface area contributed by atoms with Crippen molar-refractivity contribution in [2.45, 2.75) is 12.1 Å². The molecule has 0 spiro atoms. The molecule has 7 amide bonds. The lowest BCUT2D eigenvalue weighted by Gasteiger charge is -2.43. The lowest BCUT2D eigenvalue weighted by molar-refractivity contribution is -0.141. The molecule has 26 heavy (non-hydrogen) atoms. The van der Waals surface area contributed by atoms with Gasteiger partial charge in [0.1, 0.15) is 17.6 Å². The standard InChI is InChI=1S/C15H11ClN4O6/c16-4-1-2-6-5(3-4)7(8-10(21)17-14(24)18-11(8)22)9-12(23)19-15(25)20-13(9)26-6/h1-3,7-9,13H,(H2,19,20,23,25)(H2,17,18,21,22,24). The average Bonchev–Trinajstić information content (AvgIpc) is 2.53. The van der Waals surface area contributed by atoms with Crippen molar-refractivity contribution in [3.63, 3.8) is 0 Å². The highest BCUT2D eigenvalue weighted by atomic mass is 35.5. The van der Waals surface area contributed by atoms with Gasteiger partial charge >= 0.3 is 12.1 Å². The van der Waals surface area contributed by atoms with E-state index in [0.29, 0.717) is 10.6 Å². The molecular formula is C15H11ClN4O6. The highest BCUT2D eigenvalue weighted by Crippen LogP contribution is 2.46. The van der Waals surface area contributed by atoms with Crippen LogP contribution in [0, 0.1) is 11.8 Å². The summed E-state index contributed by atoms with van der Waals surface area (Å²) in [5.41, 5.74) is 0.356. The maximum Gasteiger partial charge on any atom is 0.328 e. The van der Waals surface area contributed by atoms with E-state index in [1.54, 1.807) is 0 Å². The fraction of sp³-hybridized carbons (Fsp3) is 0.267. The summed E-state index contributed by atoms with van der Waals surface area (Å²) in [6, 6.07) is 2.85. The first kappa shape index (κ1) is 16.3. The number of rotatable bonds is 1. The number of hydrogen-bond acceptors (Lipinski definition) is 6. The zero-order chi connectivity index (χ0) is 18.6. The van der Waals surface area contributed by atoms with Crippen LogP contribution >= 0.6 is 11.6 Å². The Morgan fingerprint density at radius 3 is 2.19 bits per heavy atom. The number of amides is 7. The zero-order valence-electron chi connectivity index (χ0n) is 12.9. The number of nitrogens with one attached hydrogen (secondary N) is 4. The Kier molecular flexibility index (Phi) is 3.58. The van der Waals surface area contributed by atoms with E-state index >= 15 is 0 Å². The molecule has 1 aromatic carbocycles. The third-order valence-corrected chi connectivity index (χ3v) is 4.74. The topological polar surface area (TPSA) is 143 Å². The summed E-state index contributed by atoms with van der Waals surface area (Å²) < 4.78 is 5.66. The molecule has 2 fully saturated rings. The van der Waals surface area contributed by atoms with Crippen LogP contribution in [0.15, 0.2) is 18.2 Å². The summed E-state index contributed by atoms with van der Waals surface area (Å²) >= 11 is 6.03. The van der Waals surface area contributed by atoms with Crippen molar-refractivity contribution in [2.24, 2.45) is 11.8 Å². The van der Waals surface area contributed by atoms with Gasteiger partial charge in [-0.1, -0.05) is 11.6 Å². The number of barbiturate groups is 1. The quantitative estimate of drug-likeness (QED) is 0.489. The van der Waals surface area contributed by atoms with E-state index < -0.39 is 53.8 Å². The van der Waals surface area contributed by atoms with Crippen LogP contribution in [0.2, 0.25) is 5.02 Å². The van der Waals surface area contributed by atoms with Gasteiger partial charge in [-0.15, -0.1) is 0 Å². The Bertz CT molecular complexity index is 867. The Hall–Kier alpha value is -3.14. The molecule has 3 heterocycles. The van der Waals surface area contributed by atoms with E-state index in [1.165, 1.54) is 18.2 Å². The summed E-state index contributed by atoms with van der Waals surface area (Å²) in [6.07, 6.45) is -1.08. The van der Waals surface area contributed by atoms with Gasteiger partial charge in [0.2, 0.25) is 17.7 Å². The highest BCUT2D eigenvalue weighted by molar-refractivity contribution is 6.30. The molecule has 3 aliphatic heterocycles. The molecule has 10 nitrogen and oxygen atoms in total. The second-order valence-corrected chi connectivity index (χ2v) is 6.46. The summed E-state index contributed by atoms with van der Waals surface area (Å²) in [4.78, 5) is 60.1. The lowest BCUT2D eigenvalue weighted by atomic mass is 9.72. The molecule has 0 aliphatic carbocycles. The first-order valence-electron chi connectivity index (χ1n) is 7.58. The van der Waals surface area contributed by atoms with E-state index in [9.17, 15) is 24.0 Å². The van der Waals surface area contributed by atoms with Gasteiger partial charge in [-0.3, -0.25) is 30.3 Å². The number of benzene rings is 1. The van der Waals surface area contributed by atoms with Crippen LogP contribution in [0.3, 0.4) is 0 Å². The van der Waals surface area contributed by atoms with Gasteiger partial charge in [0.05, 0.1) is 0 Å². The number of carbonyl (C=O) groups is 5. The minimum atomic E-state index is -1.39. The predicted molar refractivity (Wildman–Crippen MR) is 83.9 cm³/mol. The van der Waals surface area contributed by atoms with Crippen molar-refractivity contribution in [2.75, 3.05) is 0 Å². The number of hydrogen-bond donors (Lipinski definition) is 4. The van der Waals surface area contributed by atoms with Crippen LogP contribution < -0.4 is 26.0 Å². The third kappa shape index (κ3) is 2.46. The monoisotopic (exact) mass is 378 g/mol. The molecule has 4 rings (SSSR count). The Morgan fingerprint density at radius 2 is 1.50 bits per heavy atom. The van der Waals surface area contributed by atoms with Crippen molar-refractivity contribution in [3.05, 3.63) is 28.8 Å². The van der Waals surface area contributed by atoms with E-state index in [-0.39, 0.29) is 5.75 Å². The second-order valence-electron chi connectivity index (χ2n) is 6.02. The Labute approximate surface area is 150 Å². The van der Waals surface area contributed by atoms with Gasteiger partial charge in [0.25, 0.3) is 0 Å². The van der Waals surface area contributed by atoms with E-state index in [0.717, 1.165) is 0 Å². The van der Waals surface area contributed by atoms with Gasteiger partial charge in [0.15, 0.2) is 6.23 Å². The highest BCUT2D eigenvalue weighted by Gasteiger charge is 2.54. The number of fused-ring (bicyclic) bond motifs is 2. The number of urea groups is 2. The molecule has 0 bridgehead atoms. The van der Waals surface area contributed by atoms with Crippen LogP contribution in [0.1, 0.15) is 11.5 Å². The molecule has 0 aromatic heterocycles. The molecular weight excluding hydrogens is 368 g/mol. The minimum absolute atomic E-state index is 0.271. The Balaban J connectivity index is 1.86. The first-order chi connectivity index (χ1) is 12.3. The van der Waals surface area contributed by atoms with Crippen molar-refractivity contribution >= 4 is 41.4 Å². The van der Waals surface area contributed by atoms with E-state index in [2.05, 4.69) is 10.6 Å². The van der Waals surface area contributed by atoms with Gasteiger partial charge in [-0.05, 0) is 18.2 Å². The van der Waals surface area contributed by atoms with Crippen LogP contribution in [0.4, 0.5) is 9.59 Å². The maximum absolute atomic E-state index is 12.4. The molecule has 11 heteroatoms. The summed E-state index contributed by atoms with van der Waals surface area (Å²) in [5, 5.41) is 8.90. The largest absolute Gasteiger partial charge is 0.469 e. The maximum atomic E-state index is 12.4. The van der Waals surface area contributed by atoms with Crippen LogP contribution in [-0.2, 0) is 14.4 Å². The average molecular weight is 379 g/mol. The summed E-state index contributed by atoms with van der Waals surface area (Å²) in [5.74, 6) is -5.59. The number of carbonyl (C=O) groups excluding carboxylic acids is 5. The fourth-order valence-corrected chi connectivity index (χ4v) is 3.68. The molecule has 3 aliphatic rings. The first-order valence-corrected chi connectivity index (χ1v) is 7.96. The summed E-state index contributed by atoms with van der Waals surface area (Å²) in [7, 11) is 0.